The smallest absolute Gasteiger partial charge is 0.238 e. The van der Waals surface area contributed by atoms with Gasteiger partial charge in [0.15, 0.2) is 0 Å². The number of benzene rings is 5. The first-order valence-corrected chi connectivity index (χ1v) is 19.4. The van der Waals surface area contributed by atoms with Crippen molar-refractivity contribution in [1.82, 2.24) is 19.5 Å². The van der Waals surface area contributed by atoms with Crippen molar-refractivity contribution >= 4 is 54.6 Å². The number of hydrogen-bond donors (Lipinski definition) is 0. The molecular formula is C48H34N4O. The van der Waals surface area contributed by atoms with Crippen LogP contribution in [0.15, 0.2) is 126 Å². The Morgan fingerprint density at radius 3 is 2.19 bits per heavy atom. The van der Waals surface area contributed by atoms with Gasteiger partial charge >= 0.3 is 0 Å². The number of furan rings is 1. The lowest BCUT2D eigenvalue weighted by Gasteiger charge is -2.64. The van der Waals surface area contributed by atoms with Crippen LogP contribution in [0.4, 0.5) is 0 Å². The molecule has 4 saturated carbocycles. The van der Waals surface area contributed by atoms with Crippen LogP contribution >= 0.6 is 0 Å². The Morgan fingerprint density at radius 1 is 0.623 bits per heavy atom. The molecular weight excluding hydrogens is 649 g/mol. The van der Waals surface area contributed by atoms with Crippen molar-refractivity contribution in [2.75, 3.05) is 0 Å². The van der Waals surface area contributed by atoms with E-state index in [9.17, 15) is 0 Å². The standard InChI is InChI=1S/C48H34N4O/c1-2-8-30-21-38-34(20-29(30)7-1)35-22-37-33(31-9-3-5-11-36(31)48(37)41-18-26-17-27-19-42(48)47(41,24-26)25-27)23-39(35)52(38)46-50-44(28-13-15-49-16-14-28)43-32-10-4-6-12-40(32)53-45(43)51-46/h1-16,20-23,26-27,41-42H,17-19,24-25H2. The van der Waals surface area contributed by atoms with Crippen LogP contribution < -0.4 is 0 Å². The van der Waals surface area contributed by atoms with Gasteiger partial charge in [0.1, 0.15) is 5.58 Å². The third kappa shape index (κ3) is 3.15. The quantitative estimate of drug-likeness (QED) is 0.182. The number of hydrogen-bond acceptors (Lipinski definition) is 4. The third-order valence-corrected chi connectivity index (χ3v) is 14.9. The summed E-state index contributed by atoms with van der Waals surface area (Å²) >= 11 is 0. The number of fused-ring (bicyclic) bond motifs is 16. The fourth-order valence-electron chi connectivity index (χ4n) is 13.5. The lowest BCUT2D eigenvalue weighted by atomic mass is 9.38. The molecule has 4 fully saturated rings. The zero-order valence-corrected chi connectivity index (χ0v) is 29.1. The van der Waals surface area contributed by atoms with E-state index in [1.807, 2.05) is 36.7 Å². The second-order valence-electron chi connectivity index (χ2n) is 17.0. The van der Waals surface area contributed by atoms with Crippen LogP contribution in [0.5, 0.6) is 0 Å². The highest BCUT2D eigenvalue weighted by Crippen LogP contribution is 2.85. The SMILES string of the molecule is c1ccc2c(c1)-c1cc3c(cc1C21C2CC4CC5CC1C2(C4)C5)c1cc2ccccc2cc1n3-c1nc(-c2ccncc2)c2c(n1)oc1ccccc12. The van der Waals surface area contributed by atoms with Gasteiger partial charge in [0.25, 0.3) is 0 Å². The minimum atomic E-state index is 0.119. The van der Waals surface area contributed by atoms with Crippen molar-refractivity contribution in [3.8, 4) is 28.3 Å². The van der Waals surface area contributed by atoms with Gasteiger partial charge in [-0.1, -0.05) is 66.7 Å². The highest BCUT2D eigenvalue weighted by Gasteiger charge is 2.79. The molecule has 5 aliphatic carbocycles. The monoisotopic (exact) mass is 682 g/mol. The average molecular weight is 683 g/mol. The molecule has 9 aromatic rings. The zero-order chi connectivity index (χ0) is 34.2. The van der Waals surface area contributed by atoms with E-state index < -0.39 is 0 Å². The Balaban J connectivity index is 1.11. The van der Waals surface area contributed by atoms with Crippen LogP contribution in [0.2, 0.25) is 0 Å². The molecule has 4 heterocycles. The first kappa shape index (κ1) is 27.8. The molecule has 4 aromatic heterocycles. The highest BCUT2D eigenvalue weighted by molar-refractivity contribution is 6.16. The van der Waals surface area contributed by atoms with Crippen molar-refractivity contribution in [3.63, 3.8) is 0 Å². The van der Waals surface area contributed by atoms with E-state index in [1.54, 1.807) is 11.1 Å². The molecule has 53 heavy (non-hydrogen) atoms. The maximum Gasteiger partial charge on any atom is 0.238 e. The Kier molecular flexibility index (Phi) is 4.83. The second-order valence-corrected chi connectivity index (χ2v) is 17.0. The summed E-state index contributed by atoms with van der Waals surface area (Å²) in [5.74, 6) is 3.93. The molecule has 0 saturated heterocycles. The fraction of sp³-hybridized carbons (Fsp3) is 0.229. The van der Waals surface area contributed by atoms with E-state index >= 15 is 0 Å². The van der Waals surface area contributed by atoms with Gasteiger partial charge in [-0.2, -0.15) is 4.98 Å². The largest absolute Gasteiger partial charge is 0.437 e. The summed E-state index contributed by atoms with van der Waals surface area (Å²) in [5.41, 5.74) is 12.2. The van der Waals surface area contributed by atoms with Crippen molar-refractivity contribution in [2.45, 2.75) is 37.5 Å². The van der Waals surface area contributed by atoms with Gasteiger partial charge in [-0.25, -0.2) is 4.98 Å². The molecule has 0 aliphatic heterocycles. The molecule has 0 amide bonds. The van der Waals surface area contributed by atoms with Crippen molar-refractivity contribution < 1.29 is 4.42 Å². The topological polar surface area (TPSA) is 56.7 Å². The Labute approximate surface area is 305 Å². The lowest BCUT2D eigenvalue weighted by molar-refractivity contribution is -0.0819. The second kappa shape index (κ2) is 9.21. The first-order chi connectivity index (χ1) is 26.2. The van der Waals surface area contributed by atoms with E-state index in [1.165, 1.54) is 64.8 Å². The highest BCUT2D eigenvalue weighted by atomic mass is 16.3. The zero-order valence-electron chi connectivity index (χ0n) is 29.1. The predicted molar refractivity (Wildman–Crippen MR) is 210 cm³/mol. The Hall–Kier alpha value is -5.81. The van der Waals surface area contributed by atoms with E-state index in [-0.39, 0.29) is 5.41 Å². The predicted octanol–water partition coefficient (Wildman–Crippen LogP) is 11.4. The number of para-hydroxylation sites is 1. The number of aromatic nitrogens is 4. The van der Waals surface area contributed by atoms with Gasteiger partial charge in [-0.15, -0.1) is 0 Å². The third-order valence-electron chi connectivity index (χ3n) is 14.9. The molecule has 14 rings (SSSR count). The fourth-order valence-corrected chi connectivity index (χ4v) is 13.5. The normalized spacial score (nSPS) is 27.4. The van der Waals surface area contributed by atoms with Crippen LogP contribution in [-0.2, 0) is 5.41 Å². The molecule has 0 N–H and O–H groups in total. The van der Waals surface area contributed by atoms with Crippen LogP contribution in [0, 0.1) is 29.1 Å². The van der Waals surface area contributed by atoms with Gasteiger partial charge in [0.2, 0.25) is 11.7 Å². The molecule has 2 spiro atoms. The molecule has 4 unspecified atom stereocenters. The van der Waals surface area contributed by atoms with E-state index in [0.29, 0.717) is 17.1 Å². The Morgan fingerprint density at radius 2 is 1.34 bits per heavy atom. The average Bonchev–Trinajstić information content (AvgIpc) is 3.94. The number of nitrogens with zero attached hydrogens (tertiary/aromatic N) is 4. The molecule has 5 aromatic carbocycles. The van der Waals surface area contributed by atoms with Crippen LogP contribution in [0.1, 0.15) is 43.2 Å². The summed E-state index contributed by atoms with van der Waals surface area (Å²) in [6, 6.07) is 40.3. The van der Waals surface area contributed by atoms with Crippen molar-refractivity contribution in [2.24, 2.45) is 29.1 Å². The summed E-state index contributed by atoms with van der Waals surface area (Å²) < 4.78 is 8.84. The summed E-state index contributed by atoms with van der Waals surface area (Å²) in [7, 11) is 0. The van der Waals surface area contributed by atoms with Crippen molar-refractivity contribution in [1.29, 1.82) is 0 Å². The molecule has 252 valence electrons. The summed E-state index contributed by atoms with van der Waals surface area (Å²) in [4.78, 5) is 15.1. The van der Waals surface area contributed by atoms with Crippen LogP contribution in [-0.4, -0.2) is 19.5 Å². The maximum absolute atomic E-state index is 6.53. The van der Waals surface area contributed by atoms with E-state index in [2.05, 4.69) is 94.5 Å². The number of pyridine rings is 1. The van der Waals surface area contributed by atoms with Crippen LogP contribution in [0.25, 0.3) is 83.0 Å². The summed E-state index contributed by atoms with van der Waals surface area (Å²) in [6.07, 6.45) is 10.9. The lowest BCUT2D eigenvalue weighted by Crippen LogP contribution is -2.62. The maximum atomic E-state index is 6.53. The minimum absolute atomic E-state index is 0.119. The van der Waals surface area contributed by atoms with Gasteiger partial charge in [-0.3, -0.25) is 9.55 Å². The van der Waals surface area contributed by atoms with Gasteiger partial charge in [0, 0.05) is 39.5 Å². The molecule has 5 aliphatic rings. The Bertz CT molecular complexity index is 3080. The summed E-state index contributed by atoms with van der Waals surface area (Å²) in [5, 5.41) is 6.93. The number of rotatable bonds is 2. The molecule has 4 atom stereocenters. The molecule has 5 heteroatoms. The van der Waals surface area contributed by atoms with Gasteiger partial charge in [0.05, 0.1) is 22.1 Å². The van der Waals surface area contributed by atoms with E-state index in [0.717, 1.165) is 62.3 Å². The van der Waals surface area contributed by atoms with Crippen molar-refractivity contribution in [3.05, 3.63) is 133 Å². The first-order valence-electron chi connectivity index (χ1n) is 19.4. The molecule has 0 radical (unpaired) electrons. The van der Waals surface area contributed by atoms with Gasteiger partial charge < -0.3 is 4.42 Å². The van der Waals surface area contributed by atoms with Crippen LogP contribution in [0.3, 0.4) is 0 Å². The van der Waals surface area contributed by atoms with Gasteiger partial charge in [-0.05, 0) is 137 Å². The molecule has 3 bridgehead atoms. The summed E-state index contributed by atoms with van der Waals surface area (Å²) in [6.45, 7) is 0. The van der Waals surface area contributed by atoms with E-state index in [4.69, 9.17) is 14.4 Å². The minimum Gasteiger partial charge on any atom is -0.437 e. The molecule has 5 nitrogen and oxygen atoms in total.